The van der Waals surface area contributed by atoms with Gasteiger partial charge in [0.1, 0.15) is 17.7 Å². The molecule has 0 radical (unpaired) electrons. The van der Waals surface area contributed by atoms with Gasteiger partial charge in [-0.05, 0) is 54.3 Å². The summed E-state index contributed by atoms with van der Waals surface area (Å²) in [7, 11) is 1.59. The van der Waals surface area contributed by atoms with Crippen LogP contribution in [0, 0.1) is 5.82 Å². The lowest BCUT2D eigenvalue weighted by atomic mass is 9.93. The van der Waals surface area contributed by atoms with Gasteiger partial charge >= 0.3 is 0 Å². The first kappa shape index (κ1) is 19.1. The van der Waals surface area contributed by atoms with Crippen molar-refractivity contribution in [1.29, 1.82) is 0 Å². The maximum atomic E-state index is 14.7. The lowest BCUT2D eigenvalue weighted by Crippen LogP contribution is -2.28. The fourth-order valence-corrected chi connectivity index (χ4v) is 2.97. The lowest BCUT2D eigenvalue weighted by Gasteiger charge is -2.24. The average molecular weight is 366 g/mol. The smallest absolute Gasteiger partial charge is 0.131 e. The maximum absolute atomic E-state index is 14.7. The monoisotopic (exact) mass is 366 g/mol. The molecule has 0 fully saturated rings. The molecule has 0 spiro atoms. The van der Waals surface area contributed by atoms with Crippen molar-refractivity contribution in [3.8, 4) is 28.0 Å². The quantitative estimate of drug-likeness (QED) is 0.670. The number of aliphatic hydroxyl groups is 2. The van der Waals surface area contributed by atoms with E-state index in [2.05, 4.69) is 0 Å². The molecule has 27 heavy (non-hydrogen) atoms. The van der Waals surface area contributed by atoms with E-state index in [9.17, 15) is 14.6 Å². The summed E-state index contributed by atoms with van der Waals surface area (Å²) >= 11 is 0. The number of halogens is 1. The molecule has 0 aliphatic carbocycles. The third-order valence-electron chi connectivity index (χ3n) is 4.60. The minimum atomic E-state index is -1.23. The average Bonchev–Trinajstić information content (AvgIpc) is 2.67. The molecule has 0 heterocycles. The van der Waals surface area contributed by atoms with E-state index in [1.165, 1.54) is 6.07 Å². The van der Waals surface area contributed by atoms with Crippen LogP contribution in [0.1, 0.15) is 25.5 Å². The molecule has 0 saturated heterocycles. The van der Waals surface area contributed by atoms with E-state index in [0.717, 1.165) is 22.4 Å². The minimum Gasteiger partial charge on any atom is -0.497 e. The molecule has 1 atom stereocenters. The van der Waals surface area contributed by atoms with Crippen molar-refractivity contribution in [3.05, 3.63) is 78.1 Å². The summed E-state index contributed by atoms with van der Waals surface area (Å²) in [6.07, 6.45) is -0.985. The Kier molecular flexibility index (Phi) is 5.31. The van der Waals surface area contributed by atoms with Crippen LogP contribution >= 0.6 is 0 Å². The zero-order valence-electron chi connectivity index (χ0n) is 15.6. The highest BCUT2D eigenvalue weighted by Crippen LogP contribution is 2.31. The second-order valence-electron chi connectivity index (χ2n) is 7.10. The summed E-state index contributed by atoms with van der Waals surface area (Å²) in [4.78, 5) is 0. The Bertz CT molecular complexity index is 910. The molecule has 0 bridgehead atoms. The molecule has 0 aliphatic heterocycles. The highest BCUT2D eigenvalue weighted by Gasteiger charge is 2.25. The minimum absolute atomic E-state index is 0.307. The first-order chi connectivity index (χ1) is 12.8. The van der Waals surface area contributed by atoms with Gasteiger partial charge in [-0.3, -0.25) is 0 Å². The van der Waals surface area contributed by atoms with Gasteiger partial charge < -0.3 is 14.9 Å². The molecule has 0 aliphatic rings. The number of methoxy groups -OCH3 is 1. The van der Waals surface area contributed by atoms with Crippen molar-refractivity contribution < 1.29 is 19.3 Å². The van der Waals surface area contributed by atoms with E-state index in [1.54, 1.807) is 51.3 Å². The molecule has 0 amide bonds. The van der Waals surface area contributed by atoms with E-state index < -0.39 is 11.7 Å². The summed E-state index contributed by atoms with van der Waals surface area (Å²) in [5.41, 5.74) is 2.27. The Balaban J connectivity index is 1.87. The molecule has 2 N–H and O–H groups in total. The number of aliphatic hydroxyl groups excluding tert-OH is 1. The van der Waals surface area contributed by atoms with Crippen LogP contribution in [0.25, 0.3) is 22.3 Å². The van der Waals surface area contributed by atoms with Crippen molar-refractivity contribution >= 4 is 0 Å². The van der Waals surface area contributed by atoms with Crippen LogP contribution in [0.4, 0.5) is 4.39 Å². The van der Waals surface area contributed by atoms with E-state index in [4.69, 9.17) is 4.74 Å². The fraction of sp³-hybridized carbons (Fsp3) is 0.217. The van der Waals surface area contributed by atoms with Crippen LogP contribution in [-0.4, -0.2) is 22.9 Å². The molecule has 0 aromatic heterocycles. The predicted molar refractivity (Wildman–Crippen MR) is 105 cm³/mol. The van der Waals surface area contributed by atoms with Crippen molar-refractivity contribution in [2.75, 3.05) is 7.11 Å². The molecule has 3 aromatic carbocycles. The van der Waals surface area contributed by atoms with Gasteiger partial charge in [0, 0.05) is 5.56 Å². The summed E-state index contributed by atoms with van der Waals surface area (Å²) in [5, 5.41) is 20.1. The lowest BCUT2D eigenvalue weighted by molar-refractivity contribution is -0.0496. The second-order valence-corrected chi connectivity index (χ2v) is 7.10. The van der Waals surface area contributed by atoms with Crippen molar-refractivity contribution in [2.24, 2.45) is 0 Å². The van der Waals surface area contributed by atoms with E-state index in [-0.39, 0.29) is 5.82 Å². The second kappa shape index (κ2) is 7.51. The maximum Gasteiger partial charge on any atom is 0.131 e. The molecule has 0 saturated carbocycles. The predicted octanol–water partition coefficient (Wildman–Crippen LogP) is 4.97. The van der Waals surface area contributed by atoms with Gasteiger partial charge in [-0.2, -0.15) is 0 Å². The zero-order valence-corrected chi connectivity index (χ0v) is 15.6. The van der Waals surface area contributed by atoms with Crippen molar-refractivity contribution in [3.63, 3.8) is 0 Å². The van der Waals surface area contributed by atoms with Gasteiger partial charge in [-0.15, -0.1) is 0 Å². The molecule has 140 valence electrons. The molecule has 3 aromatic rings. The van der Waals surface area contributed by atoms with Crippen LogP contribution in [-0.2, 0) is 0 Å². The van der Waals surface area contributed by atoms with Crippen molar-refractivity contribution in [1.82, 2.24) is 0 Å². The molecule has 3 rings (SSSR count). The molecular weight excluding hydrogens is 343 g/mol. The summed E-state index contributed by atoms with van der Waals surface area (Å²) in [6.45, 7) is 3.11. The van der Waals surface area contributed by atoms with E-state index >= 15 is 0 Å². The van der Waals surface area contributed by atoms with Gasteiger partial charge in [-0.1, -0.05) is 48.5 Å². The Hall–Kier alpha value is -2.69. The summed E-state index contributed by atoms with van der Waals surface area (Å²) in [5.74, 6) is 0.419. The normalized spacial score (nSPS) is 12.7. The molecule has 3 nitrogen and oxygen atoms in total. The third kappa shape index (κ3) is 4.18. The van der Waals surface area contributed by atoms with Crippen LogP contribution < -0.4 is 4.74 Å². The Morgan fingerprint density at radius 2 is 1.41 bits per heavy atom. The van der Waals surface area contributed by atoms with Crippen LogP contribution in [0.5, 0.6) is 5.75 Å². The zero-order chi connectivity index (χ0) is 19.6. The first-order valence-corrected chi connectivity index (χ1v) is 8.74. The van der Waals surface area contributed by atoms with Crippen LogP contribution in [0.3, 0.4) is 0 Å². The highest BCUT2D eigenvalue weighted by molar-refractivity contribution is 5.71. The van der Waals surface area contributed by atoms with Crippen LogP contribution in [0.2, 0.25) is 0 Å². The summed E-state index contributed by atoms with van der Waals surface area (Å²) < 4.78 is 19.8. The Morgan fingerprint density at radius 1 is 0.852 bits per heavy atom. The van der Waals surface area contributed by atoms with E-state index in [1.807, 2.05) is 30.3 Å². The van der Waals surface area contributed by atoms with Crippen LogP contribution in [0.15, 0.2) is 66.7 Å². The van der Waals surface area contributed by atoms with Crippen molar-refractivity contribution in [2.45, 2.75) is 25.6 Å². The van der Waals surface area contributed by atoms with Gasteiger partial charge in [-0.25, -0.2) is 4.39 Å². The summed E-state index contributed by atoms with van der Waals surface area (Å²) in [6, 6.07) is 19.5. The largest absolute Gasteiger partial charge is 0.497 e. The van der Waals surface area contributed by atoms with Gasteiger partial charge in [0.25, 0.3) is 0 Å². The molecule has 1 unspecified atom stereocenters. The number of hydrogen-bond acceptors (Lipinski definition) is 3. The molecule has 4 heteroatoms. The topological polar surface area (TPSA) is 49.7 Å². The van der Waals surface area contributed by atoms with Gasteiger partial charge in [0.15, 0.2) is 0 Å². The van der Waals surface area contributed by atoms with Gasteiger partial charge in [0.05, 0.1) is 12.7 Å². The Morgan fingerprint density at radius 3 is 1.93 bits per heavy atom. The highest BCUT2D eigenvalue weighted by atomic mass is 19.1. The SMILES string of the molecule is COc1ccc(-c2ccc(-c3ccc(C(O)C(C)(C)O)cc3)cc2F)cc1. The fourth-order valence-electron chi connectivity index (χ4n) is 2.97. The van der Waals surface area contributed by atoms with E-state index in [0.29, 0.717) is 11.1 Å². The first-order valence-electron chi connectivity index (χ1n) is 8.74. The number of hydrogen-bond donors (Lipinski definition) is 2. The molecular formula is C23H23FO3. The Labute approximate surface area is 158 Å². The van der Waals surface area contributed by atoms with Gasteiger partial charge in [0.2, 0.25) is 0 Å². The number of rotatable bonds is 5. The standard InChI is InChI=1S/C23H23FO3/c1-23(2,26)22(25)17-6-4-15(5-7-17)18-10-13-20(21(24)14-18)16-8-11-19(27-3)12-9-16/h4-14,22,25-26H,1-3H3. The third-order valence-corrected chi connectivity index (χ3v) is 4.60. The number of ether oxygens (including phenoxy) is 1. The number of benzene rings is 3.